The minimum Gasteiger partial charge on any atom is -0.479 e. The molecular weight excluding hydrogens is 230 g/mol. The van der Waals surface area contributed by atoms with E-state index in [1.807, 2.05) is 0 Å². The maximum Gasteiger partial charge on any atom is 0.337 e. The van der Waals surface area contributed by atoms with E-state index in [9.17, 15) is 24.8 Å². The highest BCUT2D eigenvalue weighted by Gasteiger charge is 2.28. The Hall–Kier alpha value is -2.28. The number of carboxylic acids is 1. The molecule has 1 unspecified atom stereocenters. The number of aliphatic hydroxyl groups excluding tert-OH is 1. The van der Waals surface area contributed by atoms with Gasteiger partial charge < -0.3 is 10.2 Å². The zero-order chi connectivity index (χ0) is 13.2. The molecule has 0 aliphatic carbocycles. The third-order valence-electron chi connectivity index (χ3n) is 2.23. The Labute approximate surface area is 95.5 Å². The van der Waals surface area contributed by atoms with Gasteiger partial charge in [-0.2, -0.15) is 0 Å². The van der Waals surface area contributed by atoms with E-state index in [0.29, 0.717) is 6.29 Å². The van der Waals surface area contributed by atoms with Gasteiger partial charge in [-0.05, 0) is 18.6 Å². The van der Waals surface area contributed by atoms with Gasteiger partial charge in [-0.3, -0.25) is 14.9 Å². The molecule has 0 amide bonds. The number of carbonyl (C=O) groups excluding carboxylic acids is 1. The van der Waals surface area contributed by atoms with E-state index in [4.69, 9.17) is 5.11 Å². The molecule has 0 aromatic heterocycles. The van der Waals surface area contributed by atoms with E-state index >= 15 is 0 Å². The number of aliphatic carboxylic acids is 1. The number of carbonyl (C=O) groups is 2. The standard InChI is InChI=1S/C10H9NO6/c1-5-2-6(4-12)3-7(11(16)17)8(5)9(13)10(14)15/h2-4,9,13H,1H3,(H,14,15). The van der Waals surface area contributed by atoms with Crippen molar-refractivity contribution in [2.75, 3.05) is 0 Å². The highest BCUT2D eigenvalue weighted by molar-refractivity contribution is 5.81. The van der Waals surface area contributed by atoms with Crippen molar-refractivity contribution >= 4 is 17.9 Å². The molecule has 2 N–H and O–H groups in total. The number of aldehydes is 1. The van der Waals surface area contributed by atoms with Crippen LogP contribution < -0.4 is 0 Å². The summed E-state index contributed by atoms with van der Waals surface area (Å²) in [7, 11) is 0. The van der Waals surface area contributed by atoms with Crippen LogP contribution in [0.2, 0.25) is 0 Å². The van der Waals surface area contributed by atoms with Crippen LogP contribution >= 0.6 is 0 Å². The third-order valence-corrected chi connectivity index (χ3v) is 2.23. The van der Waals surface area contributed by atoms with Crippen LogP contribution in [-0.4, -0.2) is 27.4 Å². The SMILES string of the molecule is Cc1cc(C=O)cc([N+](=O)[O-])c1C(O)C(=O)O. The summed E-state index contributed by atoms with van der Waals surface area (Å²) < 4.78 is 0. The number of aryl methyl sites for hydroxylation is 1. The largest absolute Gasteiger partial charge is 0.479 e. The van der Waals surface area contributed by atoms with E-state index in [2.05, 4.69) is 0 Å². The number of hydrogen-bond acceptors (Lipinski definition) is 5. The fraction of sp³-hybridized carbons (Fsp3) is 0.200. The maximum absolute atomic E-state index is 10.8. The van der Waals surface area contributed by atoms with Gasteiger partial charge in [-0.25, -0.2) is 4.79 Å². The quantitative estimate of drug-likeness (QED) is 0.456. The van der Waals surface area contributed by atoms with Gasteiger partial charge in [0.05, 0.1) is 10.5 Å². The Balaban J connectivity index is 3.52. The van der Waals surface area contributed by atoms with Crippen LogP contribution in [0.3, 0.4) is 0 Å². The molecule has 0 aliphatic rings. The molecule has 0 radical (unpaired) electrons. The monoisotopic (exact) mass is 239 g/mol. The average Bonchev–Trinajstić information content (AvgIpc) is 2.26. The molecule has 90 valence electrons. The fourth-order valence-corrected chi connectivity index (χ4v) is 1.51. The second kappa shape index (κ2) is 4.71. The predicted molar refractivity (Wildman–Crippen MR) is 55.8 cm³/mol. The lowest BCUT2D eigenvalue weighted by molar-refractivity contribution is -0.386. The molecule has 0 bridgehead atoms. The summed E-state index contributed by atoms with van der Waals surface area (Å²) in [5.41, 5.74) is -0.665. The summed E-state index contributed by atoms with van der Waals surface area (Å²) in [6.45, 7) is 1.39. The topological polar surface area (TPSA) is 118 Å². The van der Waals surface area contributed by atoms with Crippen LogP contribution in [0.5, 0.6) is 0 Å². The second-order valence-corrected chi connectivity index (χ2v) is 3.39. The van der Waals surface area contributed by atoms with Gasteiger partial charge in [0, 0.05) is 11.6 Å². The number of benzene rings is 1. The van der Waals surface area contributed by atoms with Crippen LogP contribution in [0.25, 0.3) is 0 Å². The first kappa shape index (κ1) is 12.8. The Morgan fingerprint density at radius 3 is 2.53 bits per heavy atom. The van der Waals surface area contributed by atoms with E-state index < -0.39 is 22.7 Å². The summed E-state index contributed by atoms with van der Waals surface area (Å²) in [6.07, 6.45) is -1.58. The Morgan fingerprint density at radius 2 is 2.12 bits per heavy atom. The van der Waals surface area contributed by atoms with Gasteiger partial charge in [0.1, 0.15) is 6.29 Å². The summed E-state index contributed by atoms with van der Waals surface area (Å²) in [5, 5.41) is 28.8. The fourth-order valence-electron chi connectivity index (χ4n) is 1.51. The second-order valence-electron chi connectivity index (χ2n) is 3.39. The van der Waals surface area contributed by atoms with Gasteiger partial charge in [-0.1, -0.05) is 0 Å². The Bertz CT molecular complexity index is 496. The van der Waals surface area contributed by atoms with Crippen molar-refractivity contribution in [3.05, 3.63) is 38.9 Å². The molecule has 17 heavy (non-hydrogen) atoms. The molecule has 7 nitrogen and oxygen atoms in total. The molecular formula is C10H9NO6. The molecule has 7 heteroatoms. The molecule has 1 aromatic rings. The predicted octanol–water partition coefficient (Wildman–Crippen LogP) is 0.834. The third kappa shape index (κ3) is 2.45. The Kier molecular flexibility index (Phi) is 3.54. The zero-order valence-electron chi connectivity index (χ0n) is 8.78. The highest BCUT2D eigenvalue weighted by Crippen LogP contribution is 2.29. The van der Waals surface area contributed by atoms with Crippen molar-refractivity contribution in [2.45, 2.75) is 13.0 Å². The molecule has 0 heterocycles. The maximum atomic E-state index is 10.8. The molecule has 0 aliphatic heterocycles. The lowest BCUT2D eigenvalue weighted by atomic mass is 9.98. The van der Waals surface area contributed by atoms with Crippen LogP contribution in [0.4, 0.5) is 5.69 Å². The minimum atomic E-state index is -1.99. The first-order chi connectivity index (χ1) is 7.88. The number of aliphatic hydroxyl groups is 1. The van der Waals surface area contributed by atoms with Crippen LogP contribution in [0, 0.1) is 17.0 Å². The van der Waals surface area contributed by atoms with Crippen molar-refractivity contribution in [1.29, 1.82) is 0 Å². The van der Waals surface area contributed by atoms with Crippen molar-refractivity contribution in [1.82, 2.24) is 0 Å². The van der Waals surface area contributed by atoms with E-state index in [-0.39, 0.29) is 16.7 Å². The highest BCUT2D eigenvalue weighted by atomic mass is 16.6. The lowest BCUT2D eigenvalue weighted by Gasteiger charge is -2.10. The number of hydrogen-bond donors (Lipinski definition) is 2. The van der Waals surface area contributed by atoms with E-state index in [0.717, 1.165) is 6.07 Å². The Morgan fingerprint density at radius 1 is 1.53 bits per heavy atom. The normalized spacial score (nSPS) is 11.9. The van der Waals surface area contributed by atoms with Crippen molar-refractivity contribution in [2.24, 2.45) is 0 Å². The van der Waals surface area contributed by atoms with Crippen molar-refractivity contribution < 1.29 is 24.7 Å². The van der Waals surface area contributed by atoms with Crippen molar-refractivity contribution in [3.63, 3.8) is 0 Å². The number of nitrogens with zero attached hydrogens (tertiary/aromatic N) is 1. The van der Waals surface area contributed by atoms with Gasteiger partial charge in [0.15, 0.2) is 6.10 Å². The minimum absolute atomic E-state index is 0.0514. The van der Waals surface area contributed by atoms with Gasteiger partial charge in [0.2, 0.25) is 0 Å². The smallest absolute Gasteiger partial charge is 0.337 e. The lowest BCUT2D eigenvalue weighted by Crippen LogP contribution is -2.14. The number of carboxylic acid groups (broad SMARTS) is 1. The van der Waals surface area contributed by atoms with E-state index in [1.54, 1.807) is 0 Å². The molecule has 1 rings (SSSR count). The summed E-state index contributed by atoms with van der Waals surface area (Å²) in [4.78, 5) is 31.1. The average molecular weight is 239 g/mol. The molecule has 1 aromatic carbocycles. The van der Waals surface area contributed by atoms with Crippen LogP contribution in [0.1, 0.15) is 27.6 Å². The molecule has 0 saturated carbocycles. The first-order valence-corrected chi connectivity index (χ1v) is 4.53. The number of nitro groups is 1. The molecule has 0 fully saturated rings. The molecule has 0 saturated heterocycles. The summed E-state index contributed by atoms with van der Waals surface area (Å²) in [6, 6.07) is 2.21. The molecule has 1 atom stereocenters. The van der Waals surface area contributed by atoms with Crippen LogP contribution in [-0.2, 0) is 4.79 Å². The zero-order valence-corrected chi connectivity index (χ0v) is 8.78. The van der Waals surface area contributed by atoms with Gasteiger partial charge in [0.25, 0.3) is 5.69 Å². The summed E-state index contributed by atoms with van der Waals surface area (Å²) >= 11 is 0. The van der Waals surface area contributed by atoms with Gasteiger partial charge >= 0.3 is 5.97 Å². The van der Waals surface area contributed by atoms with E-state index in [1.165, 1.54) is 13.0 Å². The summed E-state index contributed by atoms with van der Waals surface area (Å²) in [5.74, 6) is -1.59. The molecule has 0 spiro atoms. The van der Waals surface area contributed by atoms with Crippen LogP contribution in [0.15, 0.2) is 12.1 Å². The van der Waals surface area contributed by atoms with Crippen molar-refractivity contribution in [3.8, 4) is 0 Å². The number of nitro benzene ring substituents is 1. The number of rotatable bonds is 4. The first-order valence-electron chi connectivity index (χ1n) is 4.53. The van der Waals surface area contributed by atoms with Gasteiger partial charge in [-0.15, -0.1) is 0 Å².